The number of benzene rings is 4. The van der Waals surface area contributed by atoms with Gasteiger partial charge in [-0.15, -0.1) is 0 Å². The lowest BCUT2D eigenvalue weighted by Gasteiger charge is -2.13. The van der Waals surface area contributed by atoms with E-state index in [2.05, 4.69) is 13.8 Å². The van der Waals surface area contributed by atoms with E-state index in [1.165, 1.54) is 121 Å². The lowest BCUT2D eigenvalue weighted by atomic mass is 10.1. The molecule has 348 valence electrons. The van der Waals surface area contributed by atoms with Gasteiger partial charge in [-0.3, -0.25) is 0 Å². The minimum absolute atomic E-state index is 0.0386. The van der Waals surface area contributed by atoms with Gasteiger partial charge < -0.3 is 28.4 Å². The first-order valence-corrected chi connectivity index (χ1v) is 24.3. The van der Waals surface area contributed by atoms with Crippen molar-refractivity contribution < 1.29 is 42.8 Å². The topological polar surface area (TPSA) is 107 Å². The highest BCUT2D eigenvalue weighted by atomic mass is 16.6. The summed E-state index contributed by atoms with van der Waals surface area (Å²) in [5.41, 5.74) is 1.26. The molecule has 0 aliphatic carbocycles. The van der Waals surface area contributed by atoms with Gasteiger partial charge in [-0.05, 0) is 104 Å². The summed E-state index contributed by atoms with van der Waals surface area (Å²) in [6, 6.07) is 25.0. The Balaban J connectivity index is 1.30. The summed E-state index contributed by atoms with van der Waals surface area (Å²) in [6.45, 7) is 8.32. The molecule has 0 saturated heterocycles. The van der Waals surface area contributed by atoms with Crippen LogP contribution in [0.5, 0.6) is 28.7 Å². The average Bonchev–Trinajstić information content (AvgIpc) is 3.32. The molecule has 0 aromatic heterocycles. The molecule has 0 saturated carbocycles. The number of esters is 3. The molecule has 4 aromatic rings. The van der Waals surface area contributed by atoms with Crippen LogP contribution in [0.3, 0.4) is 0 Å². The fourth-order valence-electron chi connectivity index (χ4n) is 7.21. The molecule has 0 spiro atoms. The van der Waals surface area contributed by atoms with Crippen molar-refractivity contribution in [2.24, 2.45) is 0 Å². The number of unbranched alkanes of at least 4 members (excludes halogenated alkanes) is 18. The van der Waals surface area contributed by atoms with E-state index in [4.69, 9.17) is 28.4 Å². The van der Waals surface area contributed by atoms with Gasteiger partial charge in [0, 0.05) is 0 Å². The predicted octanol–water partition coefficient (Wildman–Crippen LogP) is 14.9. The number of carbonyl (C=O) groups is 3. The second-order valence-corrected chi connectivity index (χ2v) is 16.6. The Bertz CT molecular complexity index is 1890. The van der Waals surface area contributed by atoms with Crippen molar-refractivity contribution in [1.82, 2.24) is 0 Å². The second kappa shape index (κ2) is 31.5. The van der Waals surface area contributed by atoms with Crippen molar-refractivity contribution in [3.8, 4) is 28.7 Å². The van der Waals surface area contributed by atoms with Crippen molar-refractivity contribution in [1.29, 1.82) is 0 Å². The molecule has 0 N–H and O–H groups in total. The zero-order valence-electron chi connectivity index (χ0n) is 39.0. The molecule has 64 heavy (non-hydrogen) atoms. The smallest absolute Gasteiger partial charge is 0.343 e. The van der Waals surface area contributed by atoms with Crippen molar-refractivity contribution >= 4 is 17.9 Å². The van der Waals surface area contributed by atoms with Gasteiger partial charge in [0.25, 0.3) is 0 Å². The molecule has 0 fully saturated rings. The number of rotatable bonds is 34. The summed E-state index contributed by atoms with van der Waals surface area (Å²) in [7, 11) is 0. The van der Waals surface area contributed by atoms with E-state index >= 15 is 0 Å². The van der Waals surface area contributed by atoms with Crippen LogP contribution in [0.25, 0.3) is 0 Å². The van der Waals surface area contributed by atoms with Crippen LogP contribution in [-0.4, -0.2) is 37.7 Å². The first-order valence-electron chi connectivity index (χ1n) is 24.3. The molecule has 9 heteroatoms. The van der Waals surface area contributed by atoms with E-state index in [0.717, 1.165) is 43.4 Å². The standard InChI is InChI=1S/C55H74O9/c1-4-7-9-11-13-15-17-19-21-23-40-60-48-33-27-45(28-34-48)53(56)63-50-37-38-52(51(42-50)55(58)62-43-44-25-31-47(32-26-44)59-39-6-3)64-54(57)46-29-35-49(36-30-46)61-41-24-22-20-18-16-14-12-10-8-5-2/h25-38,42H,4-24,39-41,43H2,1-3H3. The Morgan fingerprint density at radius 3 is 1.22 bits per heavy atom. The lowest BCUT2D eigenvalue weighted by molar-refractivity contribution is 0.0465. The Kier molecular flexibility index (Phi) is 25.3. The van der Waals surface area contributed by atoms with Gasteiger partial charge in [0.2, 0.25) is 0 Å². The first-order chi connectivity index (χ1) is 31.4. The van der Waals surface area contributed by atoms with Gasteiger partial charge in [0.1, 0.15) is 40.9 Å². The SMILES string of the molecule is CCCCCCCCCCCCOc1ccc(C(=O)Oc2ccc(OC(=O)c3ccc(OCCCCCCCCCCCC)cc3)c(C(=O)OCc3ccc(OCCC)cc3)c2)cc1. The summed E-state index contributed by atoms with van der Waals surface area (Å²) in [5, 5.41) is 0. The minimum atomic E-state index is -0.758. The summed E-state index contributed by atoms with van der Waals surface area (Å²) >= 11 is 0. The molecule has 4 aromatic carbocycles. The third kappa shape index (κ3) is 20.5. The van der Waals surface area contributed by atoms with Crippen molar-refractivity contribution in [3.05, 3.63) is 113 Å². The maximum atomic E-state index is 13.6. The number of carbonyl (C=O) groups excluding carboxylic acids is 3. The maximum Gasteiger partial charge on any atom is 0.343 e. The van der Waals surface area contributed by atoms with E-state index in [9.17, 15) is 14.4 Å². The molecule has 0 atom stereocenters. The largest absolute Gasteiger partial charge is 0.494 e. The van der Waals surface area contributed by atoms with Gasteiger partial charge in [-0.1, -0.05) is 148 Å². The van der Waals surface area contributed by atoms with Gasteiger partial charge in [0.15, 0.2) is 0 Å². The molecule has 0 aliphatic heterocycles. The van der Waals surface area contributed by atoms with E-state index in [1.807, 2.05) is 31.2 Å². The Hall–Kier alpha value is -5.31. The van der Waals surface area contributed by atoms with Crippen molar-refractivity contribution in [3.63, 3.8) is 0 Å². The van der Waals surface area contributed by atoms with Crippen LogP contribution in [0.2, 0.25) is 0 Å². The highest BCUT2D eigenvalue weighted by Crippen LogP contribution is 2.28. The van der Waals surface area contributed by atoms with Gasteiger partial charge >= 0.3 is 17.9 Å². The number of hydrogen-bond donors (Lipinski definition) is 0. The maximum absolute atomic E-state index is 13.6. The van der Waals surface area contributed by atoms with Crippen LogP contribution in [0, 0.1) is 0 Å². The molecule has 0 unspecified atom stereocenters. The van der Waals surface area contributed by atoms with E-state index in [-0.39, 0.29) is 29.2 Å². The quantitative estimate of drug-likeness (QED) is 0.0257. The molecule has 9 nitrogen and oxygen atoms in total. The van der Waals surface area contributed by atoms with Crippen LogP contribution in [0.15, 0.2) is 91.0 Å². The van der Waals surface area contributed by atoms with E-state index in [1.54, 1.807) is 48.5 Å². The zero-order valence-corrected chi connectivity index (χ0v) is 39.0. The monoisotopic (exact) mass is 879 g/mol. The third-order valence-electron chi connectivity index (χ3n) is 11.1. The molecular formula is C55H74O9. The van der Waals surface area contributed by atoms with E-state index < -0.39 is 17.9 Å². The molecule has 0 radical (unpaired) electrons. The molecule has 0 heterocycles. The number of ether oxygens (including phenoxy) is 6. The van der Waals surface area contributed by atoms with E-state index in [0.29, 0.717) is 36.9 Å². The molecular weight excluding hydrogens is 805 g/mol. The van der Waals surface area contributed by atoms with Crippen LogP contribution in [0.4, 0.5) is 0 Å². The van der Waals surface area contributed by atoms with Crippen LogP contribution >= 0.6 is 0 Å². The van der Waals surface area contributed by atoms with Crippen molar-refractivity contribution in [2.75, 3.05) is 19.8 Å². The average molecular weight is 879 g/mol. The summed E-state index contributed by atoms with van der Waals surface area (Å²) in [4.78, 5) is 40.2. The summed E-state index contributed by atoms with van der Waals surface area (Å²) in [6.07, 6.45) is 26.0. The molecule has 0 amide bonds. The van der Waals surface area contributed by atoms with Gasteiger partial charge in [0.05, 0.1) is 30.9 Å². The highest BCUT2D eigenvalue weighted by Gasteiger charge is 2.21. The lowest BCUT2D eigenvalue weighted by Crippen LogP contribution is -2.14. The molecule has 0 bridgehead atoms. The molecule has 0 aliphatic rings. The highest BCUT2D eigenvalue weighted by molar-refractivity contribution is 5.97. The number of hydrogen-bond acceptors (Lipinski definition) is 9. The third-order valence-corrected chi connectivity index (χ3v) is 11.1. The Labute approximate surface area is 383 Å². The van der Waals surface area contributed by atoms with Crippen LogP contribution in [0.1, 0.15) is 192 Å². The predicted molar refractivity (Wildman–Crippen MR) is 255 cm³/mol. The Morgan fingerprint density at radius 2 is 0.766 bits per heavy atom. The van der Waals surface area contributed by atoms with Gasteiger partial charge in [-0.2, -0.15) is 0 Å². The molecule has 4 rings (SSSR count). The van der Waals surface area contributed by atoms with Crippen LogP contribution in [-0.2, 0) is 11.3 Å². The van der Waals surface area contributed by atoms with Gasteiger partial charge in [-0.25, -0.2) is 14.4 Å². The fraction of sp³-hybridized carbons (Fsp3) is 0.509. The first kappa shape index (κ1) is 51.3. The fourth-order valence-corrected chi connectivity index (χ4v) is 7.21. The van der Waals surface area contributed by atoms with Crippen molar-refractivity contribution in [2.45, 2.75) is 162 Å². The summed E-state index contributed by atoms with van der Waals surface area (Å²) in [5.74, 6) is 0.0668. The van der Waals surface area contributed by atoms with Crippen LogP contribution < -0.4 is 23.7 Å². The minimum Gasteiger partial charge on any atom is -0.494 e. The summed E-state index contributed by atoms with van der Waals surface area (Å²) < 4.78 is 34.6. The normalized spacial score (nSPS) is 10.9. The zero-order chi connectivity index (χ0) is 45.5. The Morgan fingerprint density at radius 1 is 0.375 bits per heavy atom. The second-order valence-electron chi connectivity index (χ2n) is 16.6.